The molecule has 0 amide bonds. The Labute approximate surface area is 122 Å². The van der Waals surface area contributed by atoms with Crippen LogP contribution in [0.1, 0.15) is 39.0 Å². The Morgan fingerprint density at radius 2 is 2.05 bits per heavy atom. The quantitative estimate of drug-likeness (QED) is 0.824. The van der Waals surface area contributed by atoms with Crippen LogP contribution in [-0.4, -0.2) is 26.2 Å². The van der Waals surface area contributed by atoms with Crippen LogP contribution in [0.5, 0.6) is 0 Å². The molecule has 2 atom stereocenters. The minimum absolute atomic E-state index is 0.154. The highest BCUT2D eigenvalue weighted by atomic mass is 19.1. The fourth-order valence-electron chi connectivity index (χ4n) is 3.30. The van der Waals surface area contributed by atoms with Gasteiger partial charge in [-0.3, -0.25) is 0 Å². The van der Waals surface area contributed by atoms with Gasteiger partial charge in [-0.25, -0.2) is 4.39 Å². The van der Waals surface area contributed by atoms with Gasteiger partial charge in [-0.15, -0.1) is 0 Å². The van der Waals surface area contributed by atoms with Gasteiger partial charge in [0.25, 0.3) is 0 Å². The molecule has 2 rings (SSSR count). The van der Waals surface area contributed by atoms with Crippen LogP contribution in [0.2, 0.25) is 0 Å². The van der Waals surface area contributed by atoms with E-state index in [0.717, 1.165) is 18.8 Å². The van der Waals surface area contributed by atoms with Gasteiger partial charge in [0.15, 0.2) is 0 Å². The first-order valence-corrected chi connectivity index (χ1v) is 7.90. The number of hydrogen-bond acceptors (Lipinski definition) is 2. The highest BCUT2D eigenvalue weighted by molar-refractivity contribution is 5.45. The molecule has 0 aliphatic heterocycles. The van der Waals surface area contributed by atoms with Gasteiger partial charge in [0.1, 0.15) is 5.82 Å². The fourth-order valence-corrected chi connectivity index (χ4v) is 3.30. The first-order valence-electron chi connectivity index (χ1n) is 7.90. The van der Waals surface area contributed by atoms with Crippen molar-refractivity contribution in [1.82, 2.24) is 5.32 Å². The standard InChI is InChI=1S/C17H27FN2/c1-3-19-17-11-6-4-5-8-14(17)13-20(2)16-10-7-9-15(18)12-16/h7,9-10,12,14,17,19H,3-6,8,11,13H2,1-2H3. The topological polar surface area (TPSA) is 15.3 Å². The second-order valence-corrected chi connectivity index (χ2v) is 5.92. The summed E-state index contributed by atoms with van der Waals surface area (Å²) >= 11 is 0. The van der Waals surface area contributed by atoms with Crippen molar-refractivity contribution in [2.75, 3.05) is 25.0 Å². The lowest BCUT2D eigenvalue weighted by Crippen LogP contribution is -2.41. The molecule has 1 saturated carbocycles. The molecule has 1 aromatic carbocycles. The van der Waals surface area contributed by atoms with E-state index in [9.17, 15) is 4.39 Å². The molecule has 1 fully saturated rings. The van der Waals surface area contributed by atoms with Crippen molar-refractivity contribution in [3.8, 4) is 0 Å². The summed E-state index contributed by atoms with van der Waals surface area (Å²) in [7, 11) is 2.07. The molecule has 1 N–H and O–H groups in total. The molecule has 0 aromatic heterocycles. The number of nitrogens with one attached hydrogen (secondary N) is 1. The van der Waals surface area contributed by atoms with Gasteiger partial charge >= 0.3 is 0 Å². The van der Waals surface area contributed by atoms with E-state index < -0.39 is 0 Å². The maximum atomic E-state index is 13.3. The number of nitrogens with zero attached hydrogens (tertiary/aromatic N) is 1. The summed E-state index contributed by atoms with van der Waals surface area (Å²) in [6.45, 7) is 4.21. The molecule has 20 heavy (non-hydrogen) atoms. The lowest BCUT2D eigenvalue weighted by Gasteiger charge is -2.31. The zero-order chi connectivity index (χ0) is 14.4. The second-order valence-electron chi connectivity index (χ2n) is 5.92. The molecule has 2 nitrogen and oxygen atoms in total. The van der Waals surface area contributed by atoms with E-state index in [1.165, 1.54) is 38.2 Å². The van der Waals surface area contributed by atoms with E-state index in [1.807, 2.05) is 6.07 Å². The third kappa shape index (κ3) is 4.20. The van der Waals surface area contributed by atoms with Gasteiger partial charge in [-0.1, -0.05) is 32.3 Å². The van der Waals surface area contributed by atoms with Crippen molar-refractivity contribution in [3.63, 3.8) is 0 Å². The maximum Gasteiger partial charge on any atom is 0.125 e. The van der Waals surface area contributed by atoms with Gasteiger partial charge < -0.3 is 10.2 Å². The van der Waals surface area contributed by atoms with Crippen molar-refractivity contribution in [2.45, 2.75) is 45.1 Å². The molecule has 1 aliphatic carbocycles. The number of rotatable bonds is 5. The average molecular weight is 278 g/mol. The molecule has 1 aliphatic rings. The number of hydrogen-bond donors (Lipinski definition) is 1. The smallest absolute Gasteiger partial charge is 0.125 e. The van der Waals surface area contributed by atoms with Crippen LogP contribution < -0.4 is 10.2 Å². The number of benzene rings is 1. The molecule has 0 bridgehead atoms. The summed E-state index contributed by atoms with van der Waals surface area (Å²) in [4.78, 5) is 2.20. The number of halogens is 1. The van der Waals surface area contributed by atoms with E-state index >= 15 is 0 Å². The van der Waals surface area contributed by atoms with Crippen molar-refractivity contribution in [3.05, 3.63) is 30.1 Å². The zero-order valence-corrected chi connectivity index (χ0v) is 12.7. The Morgan fingerprint density at radius 1 is 1.25 bits per heavy atom. The van der Waals surface area contributed by atoms with E-state index in [1.54, 1.807) is 12.1 Å². The summed E-state index contributed by atoms with van der Waals surface area (Å²) < 4.78 is 13.3. The molecule has 0 spiro atoms. The SMILES string of the molecule is CCNC1CCCCCC1CN(C)c1cccc(F)c1. The van der Waals surface area contributed by atoms with E-state index in [4.69, 9.17) is 0 Å². The minimum Gasteiger partial charge on any atom is -0.374 e. The van der Waals surface area contributed by atoms with Crippen LogP contribution in [-0.2, 0) is 0 Å². The molecule has 0 radical (unpaired) electrons. The summed E-state index contributed by atoms with van der Waals surface area (Å²) in [5.74, 6) is 0.504. The van der Waals surface area contributed by atoms with Gasteiger partial charge in [0.2, 0.25) is 0 Å². The van der Waals surface area contributed by atoms with E-state index in [-0.39, 0.29) is 5.82 Å². The number of anilines is 1. The summed E-state index contributed by atoms with van der Waals surface area (Å²) in [6.07, 6.45) is 6.55. The van der Waals surface area contributed by atoms with E-state index in [2.05, 4.69) is 24.2 Å². The molecule has 1 aromatic rings. The molecular weight excluding hydrogens is 251 g/mol. The van der Waals surface area contributed by atoms with Crippen molar-refractivity contribution >= 4 is 5.69 Å². The highest BCUT2D eigenvalue weighted by Crippen LogP contribution is 2.26. The van der Waals surface area contributed by atoms with Crippen LogP contribution in [0.4, 0.5) is 10.1 Å². The van der Waals surface area contributed by atoms with Crippen LogP contribution in [0.25, 0.3) is 0 Å². The van der Waals surface area contributed by atoms with Crippen LogP contribution in [0, 0.1) is 11.7 Å². The summed E-state index contributed by atoms with van der Waals surface area (Å²) in [5, 5.41) is 3.64. The lowest BCUT2D eigenvalue weighted by molar-refractivity contribution is 0.343. The molecular formula is C17H27FN2. The average Bonchev–Trinajstić information content (AvgIpc) is 2.65. The zero-order valence-electron chi connectivity index (χ0n) is 12.7. The Morgan fingerprint density at radius 3 is 2.80 bits per heavy atom. The summed E-state index contributed by atoms with van der Waals surface area (Å²) in [5.41, 5.74) is 0.976. The highest BCUT2D eigenvalue weighted by Gasteiger charge is 2.24. The maximum absolute atomic E-state index is 13.3. The van der Waals surface area contributed by atoms with Crippen molar-refractivity contribution in [1.29, 1.82) is 0 Å². The molecule has 2 unspecified atom stereocenters. The first kappa shape index (κ1) is 15.3. The van der Waals surface area contributed by atoms with Gasteiger partial charge in [-0.2, -0.15) is 0 Å². The van der Waals surface area contributed by atoms with Crippen LogP contribution in [0.15, 0.2) is 24.3 Å². The predicted octanol–water partition coefficient (Wildman–Crippen LogP) is 3.82. The Bertz CT molecular complexity index is 408. The van der Waals surface area contributed by atoms with Crippen LogP contribution in [0.3, 0.4) is 0 Å². The fraction of sp³-hybridized carbons (Fsp3) is 0.647. The predicted molar refractivity (Wildman–Crippen MR) is 83.7 cm³/mol. The third-order valence-electron chi connectivity index (χ3n) is 4.38. The van der Waals surface area contributed by atoms with Crippen LogP contribution >= 0.6 is 0 Å². The lowest BCUT2D eigenvalue weighted by atomic mass is 9.94. The molecule has 0 heterocycles. The molecule has 112 valence electrons. The Balaban J connectivity index is 2.01. The van der Waals surface area contributed by atoms with Gasteiger partial charge in [0.05, 0.1) is 0 Å². The molecule has 3 heteroatoms. The monoisotopic (exact) mass is 278 g/mol. The second kappa shape index (κ2) is 7.63. The Hall–Kier alpha value is -1.09. The molecule has 0 saturated heterocycles. The van der Waals surface area contributed by atoms with Gasteiger partial charge in [0, 0.05) is 25.3 Å². The van der Waals surface area contributed by atoms with E-state index in [0.29, 0.717) is 12.0 Å². The third-order valence-corrected chi connectivity index (χ3v) is 4.38. The largest absolute Gasteiger partial charge is 0.374 e. The van der Waals surface area contributed by atoms with Crippen molar-refractivity contribution in [2.24, 2.45) is 5.92 Å². The normalized spacial score (nSPS) is 23.4. The van der Waals surface area contributed by atoms with Gasteiger partial charge in [-0.05, 0) is 43.5 Å². The minimum atomic E-state index is -0.154. The Kier molecular flexibility index (Phi) is 5.84. The summed E-state index contributed by atoms with van der Waals surface area (Å²) in [6, 6.07) is 7.51. The first-order chi connectivity index (χ1) is 9.70. The van der Waals surface area contributed by atoms with Crippen molar-refractivity contribution < 1.29 is 4.39 Å².